The fraction of sp³-hybridized carbons (Fsp3) is 0.562. The van der Waals surface area contributed by atoms with E-state index in [0.717, 1.165) is 25.9 Å². The standard InChI is InChI=1S/C16H24N2O2/c1-2-20-15-8-4-3-7-14(15)16(19)18-11-5-6-13(12-18)9-10-17/h3-4,7-8,13H,2,5-6,9-12,17H2,1H3. The molecule has 1 fully saturated rings. The maximum atomic E-state index is 12.7. The summed E-state index contributed by atoms with van der Waals surface area (Å²) in [5.74, 6) is 1.30. The van der Waals surface area contributed by atoms with E-state index in [4.69, 9.17) is 10.5 Å². The van der Waals surface area contributed by atoms with E-state index in [9.17, 15) is 4.79 Å². The zero-order valence-corrected chi connectivity index (χ0v) is 12.2. The molecule has 0 aliphatic carbocycles. The van der Waals surface area contributed by atoms with E-state index in [1.54, 1.807) is 0 Å². The van der Waals surface area contributed by atoms with Crippen LogP contribution in [0.15, 0.2) is 24.3 Å². The summed E-state index contributed by atoms with van der Waals surface area (Å²) >= 11 is 0. The molecule has 4 nitrogen and oxygen atoms in total. The number of likely N-dealkylation sites (tertiary alicyclic amines) is 1. The molecule has 0 aromatic heterocycles. The highest BCUT2D eigenvalue weighted by Gasteiger charge is 2.25. The van der Waals surface area contributed by atoms with Crippen LogP contribution in [0, 0.1) is 5.92 Å². The number of ether oxygens (including phenoxy) is 1. The average molecular weight is 276 g/mol. The van der Waals surface area contributed by atoms with E-state index >= 15 is 0 Å². The fourth-order valence-corrected chi connectivity index (χ4v) is 2.82. The lowest BCUT2D eigenvalue weighted by atomic mass is 9.94. The molecule has 0 saturated carbocycles. The molecule has 0 spiro atoms. The zero-order chi connectivity index (χ0) is 14.4. The summed E-state index contributed by atoms with van der Waals surface area (Å²) in [7, 11) is 0. The number of piperidine rings is 1. The number of carbonyl (C=O) groups excluding carboxylic acids is 1. The van der Waals surface area contributed by atoms with Crippen LogP contribution in [0.2, 0.25) is 0 Å². The molecule has 1 aromatic rings. The third kappa shape index (κ3) is 3.51. The van der Waals surface area contributed by atoms with E-state index in [2.05, 4.69) is 0 Å². The Morgan fingerprint density at radius 3 is 3.00 bits per heavy atom. The highest BCUT2D eigenvalue weighted by atomic mass is 16.5. The Morgan fingerprint density at radius 2 is 2.25 bits per heavy atom. The molecular weight excluding hydrogens is 252 g/mol. The highest BCUT2D eigenvalue weighted by molar-refractivity contribution is 5.97. The molecule has 0 radical (unpaired) electrons. The highest BCUT2D eigenvalue weighted by Crippen LogP contribution is 2.24. The number of carbonyl (C=O) groups is 1. The van der Waals surface area contributed by atoms with Crippen LogP contribution in [0.4, 0.5) is 0 Å². The quantitative estimate of drug-likeness (QED) is 0.897. The topological polar surface area (TPSA) is 55.6 Å². The lowest BCUT2D eigenvalue weighted by Gasteiger charge is -2.33. The number of amides is 1. The minimum absolute atomic E-state index is 0.0794. The lowest BCUT2D eigenvalue weighted by Crippen LogP contribution is -2.40. The van der Waals surface area contributed by atoms with Crippen LogP contribution in [0.5, 0.6) is 5.75 Å². The molecular formula is C16H24N2O2. The number of rotatable bonds is 5. The molecule has 1 unspecified atom stereocenters. The Bertz CT molecular complexity index is 446. The van der Waals surface area contributed by atoms with Gasteiger partial charge in [0.15, 0.2) is 0 Å². The number of benzene rings is 1. The largest absolute Gasteiger partial charge is 0.493 e. The minimum Gasteiger partial charge on any atom is -0.493 e. The first-order valence-corrected chi connectivity index (χ1v) is 7.47. The van der Waals surface area contributed by atoms with Crippen molar-refractivity contribution >= 4 is 5.91 Å². The molecule has 1 atom stereocenters. The van der Waals surface area contributed by atoms with Crippen LogP contribution in [-0.2, 0) is 0 Å². The van der Waals surface area contributed by atoms with Crippen molar-refractivity contribution in [2.45, 2.75) is 26.2 Å². The molecule has 2 N–H and O–H groups in total. The van der Waals surface area contributed by atoms with E-state index in [1.807, 2.05) is 36.1 Å². The second-order valence-electron chi connectivity index (χ2n) is 5.27. The smallest absolute Gasteiger partial charge is 0.257 e. The average Bonchev–Trinajstić information content (AvgIpc) is 2.48. The number of nitrogens with two attached hydrogens (primary N) is 1. The summed E-state index contributed by atoms with van der Waals surface area (Å²) in [6.07, 6.45) is 3.23. The van der Waals surface area contributed by atoms with Gasteiger partial charge in [-0.3, -0.25) is 4.79 Å². The van der Waals surface area contributed by atoms with Gasteiger partial charge in [0.05, 0.1) is 12.2 Å². The van der Waals surface area contributed by atoms with Gasteiger partial charge in [-0.2, -0.15) is 0 Å². The number of nitrogens with zero attached hydrogens (tertiary/aromatic N) is 1. The van der Waals surface area contributed by atoms with Gasteiger partial charge in [0.2, 0.25) is 0 Å². The van der Waals surface area contributed by atoms with Crippen molar-refractivity contribution in [1.29, 1.82) is 0 Å². The van der Waals surface area contributed by atoms with Gasteiger partial charge < -0.3 is 15.4 Å². The summed E-state index contributed by atoms with van der Waals surface area (Å²) in [5.41, 5.74) is 6.30. The van der Waals surface area contributed by atoms with Crippen LogP contribution in [0.1, 0.15) is 36.5 Å². The number of hydrogen-bond donors (Lipinski definition) is 1. The maximum absolute atomic E-state index is 12.7. The molecule has 1 saturated heterocycles. The molecule has 110 valence electrons. The first kappa shape index (κ1) is 14.9. The molecule has 1 aliphatic rings. The van der Waals surface area contributed by atoms with Gasteiger partial charge in [0.1, 0.15) is 5.75 Å². The molecule has 1 aliphatic heterocycles. The van der Waals surface area contributed by atoms with Gasteiger partial charge in [-0.15, -0.1) is 0 Å². The second kappa shape index (κ2) is 7.29. The van der Waals surface area contributed by atoms with Gasteiger partial charge in [0.25, 0.3) is 5.91 Å². The molecule has 1 aromatic carbocycles. The van der Waals surface area contributed by atoms with Crippen molar-refractivity contribution in [3.05, 3.63) is 29.8 Å². The first-order valence-electron chi connectivity index (χ1n) is 7.47. The Labute approximate surface area is 120 Å². The maximum Gasteiger partial charge on any atom is 0.257 e. The van der Waals surface area contributed by atoms with E-state index in [0.29, 0.717) is 30.4 Å². The normalized spacial score (nSPS) is 18.9. The summed E-state index contributed by atoms with van der Waals surface area (Å²) in [6.45, 7) is 4.85. The molecule has 0 bridgehead atoms. The molecule has 1 amide bonds. The Morgan fingerprint density at radius 1 is 1.45 bits per heavy atom. The Hall–Kier alpha value is -1.55. The monoisotopic (exact) mass is 276 g/mol. The van der Waals surface area contributed by atoms with Crippen molar-refractivity contribution in [2.24, 2.45) is 11.7 Å². The van der Waals surface area contributed by atoms with Gasteiger partial charge in [-0.05, 0) is 50.8 Å². The number of para-hydroxylation sites is 1. The Kier molecular flexibility index (Phi) is 5.41. The van der Waals surface area contributed by atoms with Crippen LogP contribution >= 0.6 is 0 Å². The van der Waals surface area contributed by atoms with Crippen LogP contribution in [0.25, 0.3) is 0 Å². The molecule has 1 heterocycles. The van der Waals surface area contributed by atoms with Gasteiger partial charge in [-0.25, -0.2) is 0 Å². The Balaban J connectivity index is 2.10. The number of hydrogen-bond acceptors (Lipinski definition) is 3. The van der Waals surface area contributed by atoms with Crippen molar-refractivity contribution in [2.75, 3.05) is 26.2 Å². The molecule has 4 heteroatoms. The van der Waals surface area contributed by atoms with E-state index in [1.165, 1.54) is 6.42 Å². The third-order valence-electron chi connectivity index (χ3n) is 3.80. The minimum atomic E-state index is 0.0794. The van der Waals surface area contributed by atoms with Crippen molar-refractivity contribution in [1.82, 2.24) is 4.90 Å². The predicted octanol–water partition coefficient (Wildman–Crippen LogP) is 2.29. The van der Waals surface area contributed by atoms with E-state index < -0.39 is 0 Å². The molecule has 2 rings (SSSR count). The van der Waals surface area contributed by atoms with Crippen molar-refractivity contribution < 1.29 is 9.53 Å². The van der Waals surface area contributed by atoms with Gasteiger partial charge in [-0.1, -0.05) is 12.1 Å². The summed E-state index contributed by atoms with van der Waals surface area (Å²) in [4.78, 5) is 14.6. The third-order valence-corrected chi connectivity index (χ3v) is 3.80. The van der Waals surface area contributed by atoms with Gasteiger partial charge >= 0.3 is 0 Å². The summed E-state index contributed by atoms with van der Waals surface area (Å²) in [5, 5.41) is 0. The second-order valence-corrected chi connectivity index (χ2v) is 5.27. The van der Waals surface area contributed by atoms with Crippen LogP contribution < -0.4 is 10.5 Å². The molecule has 20 heavy (non-hydrogen) atoms. The van der Waals surface area contributed by atoms with Crippen molar-refractivity contribution in [3.63, 3.8) is 0 Å². The lowest BCUT2D eigenvalue weighted by molar-refractivity contribution is 0.0665. The van der Waals surface area contributed by atoms with E-state index in [-0.39, 0.29) is 5.91 Å². The predicted molar refractivity (Wildman–Crippen MR) is 79.9 cm³/mol. The zero-order valence-electron chi connectivity index (χ0n) is 12.2. The summed E-state index contributed by atoms with van der Waals surface area (Å²) in [6, 6.07) is 7.49. The summed E-state index contributed by atoms with van der Waals surface area (Å²) < 4.78 is 5.56. The fourth-order valence-electron chi connectivity index (χ4n) is 2.82. The first-order chi connectivity index (χ1) is 9.76. The van der Waals surface area contributed by atoms with Gasteiger partial charge in [0, 0.05) is 13.1 Å². The van der Waals surface area contributed by atoms with Crippen LogP contribution in [-0.4, -0.2) is 37.0 Å². The van der Waals surface area contributed by atoms with Crippen molar-refractivity contribution in [3.8, 4) is 5.75 Å². The SMILES string of the molecule is CCOc1ccccc1C(=O)N1CCCC(CCN)C1. The van der Waals surface area contributed by atoms with Crippen LogP contribution in [0.3, 0.4) is 0 Å².